The molecule has 48 heavy (non-hydrogen) atoms. The minimum Gasteiger partial charge on any atom is -0.377 e. The van der Waals surface area contributed by atoms with Crippen molar-refractivity contribution >= 4 is 41.4 Å². The van der Waals surface area contributed by atoms with Crippen LogP contribution in [-0.2, 0) is 47.6 Å². The molecule has 4 N–H and O–H groups in total. The Bertz CT molecular complexity index is 1020. The molecule has 0 saturated carbocycles. The largest absolute Gasteiger partial charge is 0.377 e. The molecule has 0 bridgehead atoms. The average molecular weight is 702 g/mol. The van der Waals surface area contributed by atoms with Crippen LogP contribution in [0, 0.1) is 0 Å². The summed E-state index contributed by atoms with van der Waals surface area (Å²) < 4.78 is 32.7. The Labute approximate surface area is 286 Å². The van der Waals surface area contributed by atoms with Gasteiger partial charge in [-0.2, -0.15) is 11.8 Å². The van der Waals surface area contributed by atoms with Crippen molar-refractivity contribution in [2.45, 2.75) is 49.4 Å². The lowest BCUT2D eigenvalue weighted by Crippen LogP contribution is -2.36. The summed E-state index contributed by atoms with van der Waals surface area (Å²) in [4.78, 5) is 59.2. The maximum absolute atomic E-state index is 12.0. The van der Waals surface area contributed by atoms with E-state index in [0.29, 0.717) is 104 Å². The number of ether oxygens (including phenoxy) is 6. The molecule has 0 aromatic rings. The molecular weight excluding hydrogens is 650 g/mol. The number of thioether (sulfide) groups is 1. The lowest BCUT2D eigenvalue weighted by Gasteiger charge is -2.16. The van der Waals surface area contributed by atoms with Crippen LogP contribution in [0.1, 0.15) is 32.1 Å². The Balaban J connectivity index is 0.945. The fourth-order valence-corrected chi connectivity index (χ4v) is 6.59. The van der Waals surface area contributed by atoms with E-state index in [-0.39, 0.29) is 42.9 Å². The van der Waals surface area contributed by atoms with Gasteiger partial charge in [0.2, 0.25) is 11.8 Å². The van der Waals surface area contributed by atoms with Crippen LogP contribution < -0.4 is 21.3 Å². The predicted octanol–water partition coefficient (Wildman–Crippen LogP) is -0.641. The highest BCUT2D eigenvalue weighted by Gasteiger charge is 2.42. The summed E-state index contributed by atoms with van der Waals surface area (Å²) in [5.74, 6) is -0.0724. The molecule has 6 amide bonds. The van der Waals surface area contributed by atoms with Gasteiger partial charge in [-0.3, -0.25) is 24.1 Å². The number of carbonyl (C=O) groups excluding carboxylic acids is 5. The van der Waals surface area contributed by atoms with E-state index in [9.17, 15) is 24.0 Å². The number of hydrogen-bond acceptors (Lipinski definition) is 12. The molecule has 0 spiro atoms. The summed E-state index contributed by atoms with van der Waals surface area (Å²) in [5.41, 5.74) is 0. The fourth-order valence-electron chi connectivity index (χ4n) is 5.04. The van der Waals surface area contributed by atoms with E-state index in [4.69, 9.17) is 28.4 Å². The van der Waals surface area contributed by atoms with E-state index in [1.54, 1.807) is 0 Å². The van der Waals surface area contributed by atoms with E-state index >= 15 is 0 Å². The first-order chi connectivity index (χ1) is 23.4. The summed E-state index contributed by atoms with van der Waals surface area (Å²) in [5, 5.41) is 11.9. The zero-order chi connectivity index (χ0) is 34.2. The highest BCUT2D eigenvalue weighted by atomic mass is 32.2. The molecule has 3 rings (SSSR count). The lowest BCUT2D eigenvalue weighted by molar-refractivity contribution is -0.137. The van der Waals surface area contributed by atoms with Crippen LogP contribution in [-0.4, -0.2) is 157 Å². The average Bonchev–Trinajstić information content (AvgIpc) is 3.73. The van der Waals surface area contributed by atoms with Gasteiger partial charge in [0.15, 0.2) is 0 Å². The number of nitrogens with zero attached hydrogens (tertiary/aromatic N) is 1. The molecule has 0 aromatic carbocycles. The summed E-state index contributed by atoms with van der Waals surface area (Å²) in [6, 6.07) is 0.386. The molecule has 17 heteroatoms. The Morgan fingerprint density at radius 1 is 0.688 bits per heavy atom. The van der Waals surface area contributed by atoms with E-state index in [1.165, 1.54) is 12.2 Å². The quantitative estimate of drug-likeness (QED) is 0.0439. The minimum atomic E-state index is -0.400. The third-order valence-electron chi connectivity index (χ3n) is 7.54. The van der Waals surface area contributed by atoms with Crippen molar-refractivity contribution < 1.29 is 52.4 Å². The second-order valence-corrected chi connectivity index (χ2v) is 12.4. The maximum Gasteiger partial charge on any atom is 0.315 e. The Morgan fingerprint density at radius 2 is 1.17 bits per heavy atom. The number of unbranched alkanes of at least 4 members (excludes halogenated alkanes) is 1. The molecular formula is C31H51N5O11S. The number of rotatable bonds is 29. The molecule has 0 radical (unpaired) electrons. The Kier molecular flexibility index (Phi) is 20.1. The van der Waals surface area contributed by atoms with E-state index in [1.807, 2.05) is 11.8 Å². The number of nitrogens with one attached hydrogen (secondary N) is 4. The minimum absolute atomic E-state index is 0.0311. The second kappa shape index (κ2) is 24.4. The Morgan fingerprint density at radius 3 is 1.69 bits per heavy atom. The summed E-state index contributed by atoms with van der Waals surface area (Å²) in [7, 11) is 0. The smallest absolute Gasteiger partial charge is 0.315 e. The van der Waals surface area contributed by atoms with Crippen molar-refractivity contribution in [3.05, 3.63) is 12.2 Å². The van der Waals surface area contributed by atoms with Crippen molar-refractivity contribution in [2.24, 2.45) is 0 Å². The molecule has 0 aliphatic carbocycles. The van der Waals surface area contributed by atoms with Crippen LogP contribution in [0.5, 0.6) is 0 Å². The van der Waals surface area contributed by atoms with Gasteiger partial charge in [-0.1, -0.05) is 6.42 Å². The van der Waals surface area contributed by atoms with Gasteiger partial charge >= 0.3 is 6.03 Å². The van der Waals surface area contributed by atoms with Crippen molar-refractivity contribution in [1.29, 1.82) is 0 Å². The first-order valence-corrected chi connectivity index (χ1v) is 17.7. The molecule has 3 aliphatic rings. The monoisotopic (exact) mass is 701 g/mol. The van der Waals surface area contributed by atoms with Crippen molar-refractivity contribution in [2.75, 3.05) is 105 Å². The van der Waals surface area contributed by atoms with Crippen LogP contribution in [0.4, 0.5) is 4.79 Å². The van der Waals surface area contributed by atoms with Gasteiger partial charge in [0.25, 0.3) is 11.8 Å². The molecule has 3 aliphatic heterocycles. The van der Waals surface area contributed by atoms with Gasteiger partial charge in [0, 0.05) is 55.6 Å². The highest BCUT2D eigenvalue weighted by Crippen LogP contribution is 2.33. The molecule has 2 saturated heterocycles. The van der Waals surface area contributed by atoms with Crippen LogP contribution in [0.15, 0.2) is 12.2 Å². The van der Waals surface area contributed by atoms with E-state index < -0.39 is 11.8 Å². The van der Waals surface area contributed by atoms with Crippen molar-refractivity contribution in [1.82, 2.24) is 26.2 Å². The van der Waals surface area contributed by atoms with Crippen molar-refractivity contribution in [3.63, 3.8) is 0 Å². The molecule has 272 valence electrons. The van der Waals surface area contributed by atoms with Gasteiger partial charge in [0.1, 0.15) is 0 Å². The fraction of sp³-hybridized carbons (Fsp3) is 0.774. The third kappa shape index (κ3) is 16.5. The normalized spacial score (nSPS) is 19.9. The standard InChI is InChI=1S/C31H51N5O11S/c37-26(4-2-1-3-25-30-24(23-48-25)34-31(41)35-30)32-8-11-42-13-15-44-17-19-46-21-22-47-20-18-45-16-14-43-12-9-33-27(38)7-10-36-28(39)5-6-29(36)40/h5-6,24-25,30H,1-4,7-23H2,(H,32,37)(H,33,38)(H2,34,35,41)/t24-,25-,30-/m0/s1. The topological polar surface area (TPSA) is 192 Å². The number of hydrogen-bond donors (Lipinski definition) is 4. The van der Waals surface area contributed by atoms with Gasteiger partial charge in [0.05, 0.1) is 91.4 Å². The molecule has 3 atom stereocenters. The summed E-state index contributed by atoms with van der Waals surface area (Å²) >= 11 is 1.89. The van der Waals surface area contributed by atoms with E-state index in [0.717, 1.165) is 29.9 Å². The molecule has 2 fully saturated rings. The van der Waals surface area contributed by atoms with E-state index in [2.05, 4.69) is 21.3 Å². The number of urea groups is 1. The van der Waals surface area contributed by atoms with Gasteiger partial charge in [-0.15, -0.1) is 0 Å². The van der Waals surface area contributed by atoms with Gasteiger partial charge < -0.3 is 49.7 Å². The first kappa shape index (κ1) is 39.6. The number of carbonyl (C=O) groups is 5. The highest BCUT2D eigenvalue weighted by molar-refractivity contribution is 8.00. The molecule has 0 unspecified atom stereocenters. The van der Waals surface area contributed by atoms with Gasteiger partial charge in [-0.25, -0.2) is 4.79 Å². The van der Waals surface area contributed by atoms with Crippen LogP contribution in [0.25, 0.3) is 0 Å². The maximum atomic E-state index is 12.0. The van der Waals surface area contributed by atoms with Crippen LogP contribution >= 0.6 is 11.8 Å². The van der Waals surface area contributed by atoms with Crippen molar-refractivity contribution in [3.8, 4) is 0 Å². The third-order valence-corrected chi connectivity index (χ3v) is 9.05. The first-order valence-electron chi connectivity index (χ1n) is 16.7. The summed E-state index contributed by atoms with van der Waals surface area (Å²) in [6.07, 6.45) is 5.73. The molecule has 3 heterocycles. The molecule has 0 aromatic heterocycles. The lowest BCUT2D eigenvalue weighted by atomic mass is 10.0. The molecule has 16 nitrogen and oxygen atoms in total. The van der Waals surface area contributed by atoms with Gasteiger partial charge in [-0.05, 0) is 12.8 Å². The number of amides is 6. The number of fused-ring (bicyclic) bond motifs is 1. The zero-order valence-corrected chi connectivity index (χ0v) is 28.4. The predicted molar refractivity (Wildman–Crippen MR) is 175 cm³/mol. The number of imide groups is 1. The van der Waals surface area contributed by atoms with Crippen LogP contribution in [0.2, 0.25) is 0 Å². The zero-order valence-electron chi connectivity index (χ0n) is 27.6. The summed E-state index contributed by atoms with van der Waals surface area (Å²) in [6.45, 7) is 5.96. The Hall–Kier alpha value is -2.80. The van der Waals surface area contributed by atoms with Crippen LogP contribution in [0.3, 0.4) is 0 Å². The second-order valence-electron chi connectivity index (χ2n) is 11.2. The SMILES string of the molecule is O=C(CCCC[C@@H]1SC[C@@H]2NC(=O)N[C@@H]21)NCCOCCOCCOCCOCCOCCOCCNC(=O)CCN1C(=O)C=CC1=O.